The highest BCUT2D eigenvalue weighted by Crippen LogP contribution is 2.08. The molecule has 1 aromatic carbocycles. The normalized spacial score (nSPS) is 10.5. The fraction of sp³-hybridized carbons (Fsp3) is 0.231. The second-order valence-electron chi connectivity index (χ2n) is 4.83. The van der Waals surface area contributed by atoms with E-state index in [9.17, 15) is 9.18 Å². The highest BCUT2D eigenvalue weighted by Gasteiger charge is 2.14. The summed E-state index contributed by atoms with van der Waals surface area (Å²) in [6, 6.07) is 5.23. The third-order valence-electron chi connectivity index (χ3n) is 3.07. The topological polar surface area (TPSA) is 78.6 Å². The van der Waals surface area contributed by atoms with Gasteiger partial charge in [0, 0.05) is 25.7 Å². The molecule has 0 saturated heterocycles. The van der Waals surface area contributed by atoms with Crippen molar-refractivity contribution in [2.24, 2.45) is 0 Å². The molecule has 0 unspecified atom stereocenters. The van der Waals surface area contributed by atoms with Crippen LogP contribution >= 0.6 is 0 Å². The molecule has 0 aliphatic rings. The molecular weight excluding hydrogens is 276 g/mol. The predicted molar refractivity (Wildman–Crippen MR) is 78.2 cm³/mol. The fourth-order valence-electron chi connectivity index (χ4n) is 1.80. The number of hydrogen-bond acceptors (Lipinski definition) is 5. The zero-order valence-electron chi connectivity index (χ0n) is 11.7. The third kappa shape index (κ3) is 3.47. The third-order valence-corrected chi connectivity index (χ3v) is 3.07. The number of halogens is 1. The zero-order valence-corrected chi connectivity index (χ0v) is 11.7. The van der Waals surface area contributed by atoms with Crippen LogP contribution in [0.4, 0.5) is 10.1 Å². The van der Waals surface area contributed by atoms with Crippen molar-refractivity contribution in [2.75, 3.05) is 19.0 Å². The summed E-state index contributed by atoms with van der Waals surface area (Å²) in [5.41, 5.74) is 0.619. The van der Waals surface area contributed by atoms with Crippen LogP contribution in [0.3, 0.4) is 0 Å². The van der Waals surface area contributed by atoms with Crippen molar-refractivity contribution >= 4 is 18.3 Å². The summed E-state index contributed by atoms with van der Waals surface area (Å²) in [6.07, 6.45) is 1.52. The van der Waals surface area contributed by atoms with Crippen molar-refractivity contribution in [1.29, 1.82) is 0 Å². The lowest BCUT2D eigenvalue weighted by atomic mass is 9.80. The molecule has 0 atom stereocenters. The molecule has 0 radical (unpaired) electrons. The Morgan fingerprint density at radius 2 is 2.05 bits per heavy atom. The van der Waals surface area contributed by atoms with Crippen LogP contribution in [-0.2, 0) is 6.54 Å². The van der Waals surface area contributed by atoms with Gasteiger partial charge in [0.05, 0.1) is 18.4 Å². The highest BCUT2D eigenvalue weighted by atomic mass is 19.1. The average Bonchev–Trinajstić information content (AvgIpc) is 2.42. The molecule has 1 aromatic heterocycles. The van der Waals surface area contributed by atoms with E-state index in [0.29, 0.717) is 5.69 Å². The molecule has 0 aliphatic heterocycles. The van der Waals surface area contributed by atoms with Gasteiger partial charge < -0.3 is 14.9 Å². The second kappa shape index (κ2) is 6.07. The lowest BCUT2D eigenvalue weighted by molar-refractivity contribution is 0.425. The number of rotatable bonds is 4. The summed E-state index contributed by atoms with van der Waals surface area (Å²) in [6.45, 7) is -0.0276. The molecule has 0 fully saturated rings. The predicted octanol–water partition coefficient (Wildman–Crippen LogP) is -0.824. The fourth-order valence-corrected chi connectivity index (χ4v) is 1.80. The molecule has 2 N–H and O–H groups in total. The van der Waals surface area contributed by atoms with Crippen molar-refractivity contribution in [2.45, 2.75) is 6.54 Å². The van der Waals surface area contributed by atoms with Gasteiger partial charge in [-0.05, 0) is 11.5 Å². The lowest BCUT2D eigenvalue weighted by Gasteiger charge is -2.12. The summed E-state index contributed by atoms with van der Waals surface area (Å²) < 4.78 is 15.0. The first-order valence-electron chi connectivity index (χ1n) is 6.27. The maximum Gasteiger partial charge on any atom is 0.488 e. The number of anilines is 1. The van der Waals surface area contributed by atoms with Gasteiger partial charge in [-0.15, -0.1) is 0 Å². The minimum Gasteiger partial charge on any atom is -0.423 e. The number of benzene rings is 1. The maximum absolute atomic E-state index is 13.9. The van der Waals surface area contributed by atoms with Crippen molar-refractivity contribution in [3.05, 3.63) is 52.2 Å². The molecule has 6 nitrogen and oxygen atoms in total. The first kappa shape index (κ1) is 15.2. The van der Waals surface area contributed by atoms with E-state index >= 15 is 0 Å². The minimum absolute atomic E-state index is 0.0276. The molecule has 8 heteroatoms. The van der Waals surface area contributed by atoms with Gasteiger partial charge in [-0.2, -0.15) is 5.10 Å². The zero-order chi connectivity index (χ0) is 15.6. The Morgan fingerprint density at radius 1 is 1.33 bits per heavy atom. The van der Waals surface area contributed by atoms with Crippen molar-refractivity contribution in [1.82, 2.24) is 9.78 Å². The molecule has 0 bridgehead atoms. The number of nitrogens with zero attached hydrogens (tertiary/aromatic N) is 3. The quantitative estimate of drug-likeness (QED) is 0.719. The summed E-state index contributed by atoms with van der Waals surface area (Å²) in [5.74, 6) is -0.619. The van der Waals surface area contributed by atoms with Crippen molar-refractivity contribution < 1.29 is 14.4 Å². The van der Waals surface area contributed by atoms with Gasteiger partial charge >= 0.3 is 7.12 Å². The molecule has 0 amide bonds. The molecule has 2 rings (SSSR count). The van der Waals surface area contributed by atoms with Crippen LogP contribution in [0.2, 0.25) is 0 Å². The van der Waals surface area contributed by atoms with E-state index in [2.05, 4.69) is 5.10 Å². The Bertz CT molecular complexity index is 703. The van der Waals surface area contributed by atoms with Crippen LogP contribution < -0.4 is 15.9 Å². The van der Waals surface area contributed by atoms with Crippen molar-refractivity contribution in [3.8, 4) is 0 Å². The molecule has 2 aromatic rings. The van der Waals surface area contributed by atoms with Gasteiger partial charge in [0.1, 0.15) is 5.82 Å². The molecule has 21 heavy (non-hydrogen) atoms. The first-order chi connectivity index (χ1) is 9.88. The largest absolute Gasteiger partial charge is 0.488 e. The van der Waals surface area contributed by atoms with E-state index in [0.717, 1.165) is 10.7 Å². The van der Waals surface area contributed by atoms with Crippen LogP contribution in [-0.4, -0.2) is 41.0 Å². The number of hydrogen-bond donors (Lipinski definition) is 2. The Kier molecular flexibility index (Phi) is 4.39. The molecule has 0 saturated carbocycles. The molecule has 110 valence electrons. The van der Waals surface area contributed by atoms with Gasteiger partial charge in [0.2, 0.25) is 0 Å². The van der Waals surface area contributed by atoms with E-state index < -0.39 is 12.9 Å². The van der Waals surface area contributed by atoms with E-state index in [1.165, 1.54) is 24.4 Å². The monoisotopic (exact) mass is 291 g/mol. The second-order valence-corrected chi connectivity index (χ2v) is 4.83. The SMILES string of the molecule is CN(C)c1cnn(Cc2ccc(B(O)O)cc2F)c(=O)c1. The van der Waals surface area contributed by atoms with Crippen LogP contribution in [0.25, 0.3) is 0 Å². The van der Waals surface area contributed by atoms with Crippen LogP contribution in [0.15, 0.2) is 35.3 Å². The average molecular weight is 291 g/mol. The van der Waals surface area contributed by atoms with Gasteiger partial charge in [-0.1, -0.05) is 12.1 Å². The Morgan fingerprint density at radius 3 is 2.57 bits per heavy atom. The van der Waals surface area contributed by atoms with E-state index in [4.69, 9.17) is 10.0 Å². The Hall–Kier alpha value is -2.19. The Labute approximate surface area is 121 Å². The van der Waals surface area contributed by atoms with Crippen molar-refractivity contribution in [3.63, 3.8) is 0 Å². The molecular formula is C13H15BFN3O3. The summed E-state index contributed by atoms with van der Waals surface area (Å²) in [7, 11) is 1.85. The van der Waals surface area contributed by atoms with Gasteiger partial charge in [0.15, 0.2) is 0 Å². The van der Waals surface area contributed by atoms with Crippen LogP contribution in [0.1, 0.15) is 5.56 Å². The standard InChI is InChI=1S/C13H15BFN3O3/c1-17(2)11-6-13(19)18(16-7-11)8-9-3-4-10(14(20)21)5-12(9)15/h3-7,20-21H,8H2,1-2H3. The van der Waals surface area contributed by atoms with E-state index in [1.807, 2.05) is 0 Å². The maximum atomic E-state index is 13.9. The summed E-state index contributed by atoms with van der Waals surface area (Å²) >= 11 is 0. The first-order valence-corrected chi connectivity index (χ1v) is 6.27. The lowest BCUT2D eigenvalue weighted by Crippen LogP contribution is -2.30. The van der Waals surface area contributed by atoms with E-state index in [-0.39, 0.29) is 23.1 Å². The molecule has 0 aliphatic carbocycles. The highest BCUT2D eigenvalue weighted by molar-refractivity contribution is 6.58. The molecule has 0 spiro atoms. The number of aromatic nitrogens is 2. The van der Waals surface area contributed by atoms with Crippen LogP contribution in [0.5, 0.6) is 0 Å². The smallest absolute Gasteiger partial charge is 0.423 e. The van der Waals surface area contributed by atoms with Crippen LogP contribution in [0, 0.1) is 5.82 Å². The van der Waals surface area contributed by atoms with Gasteiger partial charge in [-0.25, -0.2) is 9.07 Å². The Balaban J connectivity index is 2.28. The van der Waals surface area contributed by atoms with Gasteiger partial charge in [0.25, 0.3) is 5.56 Å². The van der Waals surface area contributed by atoms with Gasteiger partial charge in [-0.3, -0.25) is 4.79 Å². The van der Waals surface area contributed by atoms with E-state index in [1.54, 1.807) is 19.0 Å². The summed E-state index contributed by atoms with van der Waals surface area (Å²) in [4.78, 5) is 13.7. The summed E-state index contributed by atoms with van der Waals surface area (Å²) in [5, 5.41) is 21.9. The molecule has 1 heterocycles. The minimum atomic E-state index is -1.73.